The summed E-state index contributed by atoms with van der Waals surface area (Å²) in [6, 6.07) is 9.45. The molecule has 0 spiro atoms. The first kappa shape index (κ1) is 22.6. The van der Waals surface area contributed by atoms with Crippen LogP contribution in [-0.2, 0) is 23.8 Å². The Balaban J connectivity index is 1.43. The molecule has 1 aliphatic carbocycles. The van der Waals surface area contributed by atoms with Gasteiger partial charge >= 0.3 is 11.9 Å². The highest BCUT2D eigenvalue weighted by atomic mass is 16.5. The van der Waals surface area contributed by atoms with Crippen molar-refractivity contribution in [2.45, 2.75) is 38.4 Å². The molecule has 6 heteroatoms. The third-order valence-electron chi connectivity index (χ3n) is 5.05. The fraction of sp³-hybridized carbons (Fsp3) is 0.360. The van der Waals surface area contributed by atoms with Crippen LogP contribution < -0.4 is 0 Å². The van der Waals surface area contributed by atoms with Gasteiger partial charge in [0.25, 0.3) is 0 Å². The average Bonchev–Trinajstić information content (AvgIpc) is 2.77. The number of ether oxygens (including phenoxy) is 3. The molecule has 1 aromatic rings. The molecular weight excluding hydrogens is 396 g/mol. The number of carbonyl (C=O) groups is 2. The van der Waals surface area contributed by atoms with Crippen molar-refractivity contribution in [3.8, 4) is 0 Å². The molecule has 0 fully saturated rings. The molecule has 164 valence electrons. The molecule has 3 rings (SSSR count). The van der Waals surface area contributed by atoms with Crippen molar-refractivity contribution in [1.82, 2.24) is 0 Å². The Morgan fingerprint density at radius 2 is 2.00 bits per heavy atom. The molecule has 6 nitrogen and oxygen atoms in total. The number of esters is 2. The number of allylic oxidation sites excluding steroid dienone is 1. The number of carbonyl (C=O) groups excluding carboxylic acids is 2. The number of hydrogen-bond donors (Lipinski definition) is 1. The maximum Gasteiger partial charge on any atom is 0.339 e. The molecule has 31 heavy (non-hydrogen) atoms. The SMILES string of the molecule is C=C(C)C(=O)OCCCCC(O)COC1=CC2OC(=O)C(c3ccccc3)=CC2C=C1. The van der Waals surface area contributed by atoms with Crippen molar-refractivity contribution in [3.63, 3.8) is 0 Å². The van der Waals surface area contributed by atoms with Crippen molar-refractivity contribution in [3.05, 3.63) is 78.1 Å². The minimum atomic E-state index is -0.637. The van der Waals surface area contributed by atoms with E-state index in [4.69, 9.17) is 14.2 Å². The first-order valence-corrected chi connectivity index (χ1v) is 10.5. The maximum atomic E-state index is 12.4. The van der Waals surface area contributed by atoms with Crippen molar-refractivity contribution in [1.29, 1.82) is 0 Å². The van der Waals surface area contributed by atoms with E-state index < -0.39 is 18.2 Å². The lowest BCUT2D eigenvalue weighted by molar-refractivity contribution is -0.142. The van der Waals surface area contributed by atoms with Gasteiger partial charge in [-0.3, -0.25) is 0 Å². The van der Waals surface area contributed by atoms with E-state index in [2.05, 4.69) is 6.58 Å². The molecule has 0 bridgehead atoms. The summed E-state index contributed by atoms with van der Waals surface area (Å²) in [4.78, 5) is 23.7. The molecular formula is C25H28O6. The van der Waals surface area contributed by atoms with E-state index in [-0.39, 0.29) is 18.5 Å². The molecule has 1 aromatic carbocycles. The zero-order valence-electron chi connectivity index (χ0n) is 17.7. The molecule has 0 amide bonds. The minimum absolute atomic E-state index is 0.0490. The predicted octanol–water partition coefficient (Wildman–Crippen LogP) is 3.73. The van der Waals surface area contributed by atoms with E-state index in [0.717, 1.165) is 5.56 Å². The first-order chi connectivity index (χ1) is 14.9. The topological polar surface area (TPSA) is 82.1 Å². The van der Waals surface area contributed by atoms with E-state index in [1.54, 1.807) is 13.0 Å². The molecule has 1 aliphatic heterocycles. The van der Waals surface area contributed by atoms with Crippen molar-refractivity contribution < 1.29 is 28.9 Å². The Morgan fingerprint density at radius 1 is 1.23 bits per heavy atom. The number of aliphatic hydroxyl groups is 1. The van der Waals surface area contributed by atoms with E-state index in [1.165, 1.54) is 0 Å². The van der Waals surface area contributed by atoms with Gasteiger partial charge in [0, 0.05) is 11.5 Å². The van der Waals surface area contributed by atoms with Gasteiger partial charge in [-0.25, -0.2) is 9.59 Å². The molecule has 0 saturated heterocycles. The van der Waals surface area contributed by atoms with Gasteiger partial charge in [-0.2, -0.15) is 0 Å². The van der Waals surface area contributed by atoms with Crippen LogP contribution in [0.1, 0.15) is 31.7 Å². The second-order valence-corrected chi connectivity index (χ2v) is 7.70. The Hall–Kier alpha value is -3.12. The summed E-state index contributed by atoms with van der Waals surface area (Å²) in [5.41, 5.74) is 1.77. The summed E-state index contributed by atoms with van der Waals surface area (Å²) in [6.07, 6.45) is 8.32. The summed E-state index contributed by atoms with van der Waals surface area (Å²) >= 11 is 0. The predicted molar refractivity (Wildman–Crippen MR) is 117 cm³/mol. The zero-order chi connectivity index (χ0) is 22.2. The fourth-order valence-electron chi connectivity index (χ4n) is 3.33. The lowest BCUT2D eigenvalue weighted by Crippen LogP contribution is -2.30. The number of hydrogen-bond acceptors (Lipinski definition) is 6. The fourth-order valence-corrected chi connectivity index (χ4v) is 3.33. The first-order valence-electron chi connectivity index (χ1n) is 10.5. The lowest BCUT2D eigenvalue weighted by atomic mass is 9.90. The van der Waals surface area contributed by atoms with Crippen molar-refractivity contribution >= 4 is 17.5 Å². The Morgan fingerprint density at radius 3 is 2.74 bits per heavy atom. The largest absolute Gasteiger partial charge is 0.491 e. The van der Waals surface area contributed by atoms with Crippen LogP contribution in [0, 0.1) is 5.92 Å². The minimum Gasteiger partial charge on any atom is -0.491 e. The van der Waals surface area contributed by atoms with Crippen LogP contribution in [0.15, 0.2) is 72.5 Å². The Kier molecular flexibility index (Phi) is 7.84. The highest BCUT2D eigenvalue weighted by Gasteiger charge is 2.31. The molecule has 0 radical (unpaired) electrons. The maximum absolute atomic E-state index is 12.4. The summed E-state index contributed by atoms with van der Waals surface area (Å²) in [5.74, 6) is -0.231. The van der Waals surface area contributed by atoms with E-state index in [1.807, 2.05) is 48.6 Å². The number of fused-ring (bicyclic) bond motifs is 1. The van der Waals surface area contributed by atoms with Crippen LogP contribution >= 0.6 is 0 Å². The number of unbranched alkanes of at least 4 members (excludes halogenated alkanes) is 1. The van der Waals surface area contributed by atoms with E-state index >= 15 is 0 Å². The smallest absolute Gasteiger partial charge is 0.339 e. The Bertz CT molecular complexity index is 896. The van der Waals surface area contributed by atoms with Crippen LogP contribution in [0.25, 0.3) is 5.57 Å². The second-order valence-electron chi connectivity index (χ2n) is 7.70. The van der Waals surface area contributed by atoms with Crippen LogP contribution in [0.2, 0.25) is 0 Å². The third kappa shape index (κ3) is 6.43. The number of aliphatic hydroxyl groups excluding tert-OH is 1. The van der Waals surface area contributed by atoms with Gasteiger partial charge in [-0.05, 0) is 43.9 Å². The quantitative estimate of drug-likeness (QED) is 0.350. The van der Waals surface area contributed by atoms with Gasteiger partial charge in [-0.1, -0.05) is 49.1 Å². The normalized spacial score (nSPS) is 20.6. The second kappa shape index (κ2) is 10.8. The summed E-state index contributed by atoms with van der Waals surface area (Å²) in [6.45, 7) is 5.57. The monoisotopic (exact) mass is 424 g/mol. The molecule has 2 aliphatic rings. The van der Waals surface area contributed by atoms with Gasteiger partial charge in [0.1, 0.15) is 18.5 Å². The highest BCUT2D eigenvalue weighted by Crippen LogP contribution is 2.31. The van der Waals surface area contributed by atoms with Gasteiger partial charge in [0.2, 0.25) is 0 Å². The highest BCUT2D eigenvalue weighted by molar-refractivity contribution is 6.17. The zero-order valence-corrected chi connectivity index (χ0v) is 17.7. The standard InChI is InChI=1S/C25H28O6/c1-17(2)24(27)29-13-7-6-10-20(26)16-30-21-12-11-19-14-22(18-8-4-3-5-9-18)25(28)31-23(19)15-21/h3-5,8-9,11-12,14-15,19-20,23,26H,1,6-7,10,13,16H2,2H3. The number of rotatable bonds is 10. The van der Waals surface area contributed by atoms with Crippen LogP contribution in [0.3, 0.4) is 0 Å². The molecule has 0 saturated carbocycles. The molecule has 0 aromatic heterocycles. The van der Waals surface area contributed by atoms with E-state index in [9.17, 15) is 14.7 Å². The molecule has 1 heterocycles. The summed E-state index contributed by atoms with van der Waals surface area (Å²) in [7, 11) is 0. The summed E-state index contributed by atoms with van der Waals surface area (Å²) < 4.78 is 16.3. The number of benzene rings is 1. The van der Waals surface area contributed by atoms with Crippen LogP contribution in [0.5, 0.6) is 0 Å². The molecule has 1 N–H and O–H groups in total. The van der Waals surface area contributed by atoms with Gasteiger partial charge in [0.05, 0.1) is 18.3 Å². The average molecular weight is 424 g/mol. The van der Waals surface area contributed by atoms with Gasteiger partial charge < -0.3 is 19.3 Å². The molecule has 3 unspecified atom stereocenters. The molecule has 3 atom stereocenters. The van der Waals surface area contributed by atoms with Crippen LogP contribution in [-0.4, -0.2) is 42.5 Å². The van der Waals surface area contributed by atoms with Crippen molar-refractivity contribution in [2.75, 3.05) is 13.2 Å². The van der Waals surface area contributed by atoms with Crippen molar-refractivity contribution in [2.24, 2.45) is 5.92 Å². The summed E-state index contributed by atoms with van der Waals surface area (Å²) in [5, 5.41) is 10.1. The Labute approximate surface area is 182 Å². The van der Waals surface area contributed by atoms with E-state index in [0.29, 0.717) is 42.8 Å². The lowest BCUT2D eigenvalue weighted by Gasteiger charge is -2.29. The van der Waals surface area contributed by atoms with Crippen LogP contribution in [0.4, 0.5) is 0 Å². The third-order valence-corrected chi connectivity index (χ3v) is 5.05. The van der Waals surface area contributed by atoms with Gasteiger partial charge in [-0.15, -0.1) is 0 Å². The van der Waals surface area contributed by atoms with Gasteiger partial charge in [0.15, 0.2) is 0 Å².